The molecule has 0 amide bonds. The van der Waals surface area contributed by atoms with Crippen molar-refractivity contribution in [3.8, 4) is 0 Å². The Kier molecular flexibility index (Phi) is 5.17. The Morgan fingerprint density at radius 2 is 2.05 bits per heavy atom. The summed E-state index contributed by atoms with van der Waals surface area (Å²) in [7, 11) is 0. The third-order valence-electron chi connectivity index (χ3n) is 3.93. The lowest BCUT2D eigenvalue weighted by Gasteiger charge is -2.30. The fourth-order valence-corrected chi connectivity index (χ4v) is 2.56. The zero-order valence-corrected chi connectivity index (χ0v) is 11.9. The molecule has 1 aliphatic heterocycles. The SMILES string of the molecule is CC1CCN(CCNc2ccc(N)cc2C(F)F)CC1. The van der Waals surface area contributed by atoms with Crippen molar-refractivity contribution in [3.05, 3.63) is 23.8 Å². The molecule has 112 valence electrons. The number of nitrogens with zero attached hydrogens (tertiary/aromatic N) is 1. The zero-order valence-electron chi connectivity index (χ0n) is 11.9. The van der Waals surface area contributed by atoms with Gasteiger partial charge < -0.3 is 16.0 Å². The van der Waals surface area contributed by atoms with Gasteiger partial charge in [0, 0.05) is 30.0 Å². The van der Waals surface area contributed by atoms with Crippen LogP contribution in [-0.2, 0) is 0 Å². The molecular formula is C15H23F2N3. The van der Waals surface area contributed by atoms with E-state index in [-0.39, 0.29) is 5.56 Å². The number of anilines is 2. The minimum absolute atomic E-state index is 0.0164. The first-order valence-corrected chi connectivity index (χ1v) is 7.20. The summed E-state index contributed by atoms with van der Waals surface area (Å²) in [6.07, 6.45) is -0.0502. The van der Waals surface area contributed by atoms with Crippen LogP contribution in [0.15, 0.2) is 18.2 Å². The van der Waals surface area contributed by atoms with Gasteiger partial charge in [-0.05, 0) is 50.0 Å². The first kappa shape index (κ1) is 15.0. The van der Waals surface area contributed by atoms with Crippen LogP contribution in [0, 0.1) is 5.92 Å². The minimum Gasteiger partial charge on any atom is -0.399 e. The average Bonchev–Trinajstić information content (AvgIpc) is 2.42. The zero-order chi connectivity index (χ0) is 14.5. The summed E-state index contributed by atoms with van der Waals surface area (Å²) in [5.41, 5.74) is 6.39. The fourth-order valence-electron chi connectivity index (χ4n) is 2.56. The van der Waals surface area contributed by atoms with Gasteiger partial charge in [-0.25, -0.2) is 8.78 Å². The van der Waals surface area contributed by atoms with E-state index in [1.165, 1.54) is 18.9 Å². The lowest BCUT2D eigenvalue weighted by molar-refractivity contribution is 0.152. The molecule has 0 unspecified atom stereocenters. The summed E-state index contributed by atoms with van der Waals surface area (Å²) in [5, 5.41) is 3.10. The quantitative estimate of drug-likeness (QED) is 0.814. The average molecular weight is 283 g/mol. The molecule has 1 aromatic rings. The number of halogens is 2. The minimum atomic E-state index is -2.50. The van der Waals surface area contributed by atoms with Crippen LogP contribution in [0.2, 0.25) is 0 Å². The van der Waals surface area contributed by atoms with Crippen molar-refractivity contribution in [2.45, 2.75) is 26.2 Å². The van der Waals surface area contributed by atoms with Gasteiger partial charge in [0.2, 0.25) is 0 Å². The number of nitrogens with two attached hydrogens (primary N) is 1. The number of alkyl halides is 2. The molecule has 0 saturated carbocycles. The highest BCUT2D eigenvalue weighted by Gasteiger charge is 2.16. The first-order chi connectivity index (χ1) is 9.56. The third kappa shape index (κ3) is 4.07. The predicted molar refractivity (Wildman–Crippen MR) is 79.1 cm³/mol. The molecule has 0 spiro atoms. The lowest BCUT2D eigenvalue weighted by atomic mass is 9.99. The van der Waals surface area contributed by atoms with Gasteiger partial charge >= 0.3 is 0 Å². The van der Waals surface area contributed by atoms with Crippen LogP contribution in [0.4, 0.5) is 20.2 Å². The van der Waals surface area contributed by atoms with Gasteiger partial charge in [0.15, 0.2) is 0 Å². The van der Waals surface area contributed by atoms with E-state index in [2.05, 4.69) is 17.1 Å². The normalized spacial score (nSPS) is 17.6. The molecule has 5 heteroatoms. The van der Waals surface area contributed by atoms with E-state index in [1.807, 2.05) is 0 Å². The Morgan fingerprint density at radius 1 is 1.35 bits per heavy atom. The van der Waals surface area contributed by atoms with E-state index in [9.17, 15) is 8.78 Å². The van der Waals surface area contributed by atoms with Crippen molar-refractivity contribution >= 4 is 11.4 Å². The molecule has 0 atom stereocenters. The van der Waals surface area contributed by atoms with Crippen molar-refractivity contribution in [2.75, 3.05) is 37.2 Å². The largest absolute Gasteiger partial charge is 0.399 e. The van der Waals surface area contributed by atoms with E-state index >= 15 is 0 Å². The van der Waals surface area contributed by atoms with Gasteiger partial charge in [-0.15, -0.1) is 0 Å². The molecule has 1 saturated heterocycles. The first-order valence-electron chi connectivity index (χ1n) is 7.20. The van der Waals surface area contributed by atoms with Crippen LogP contribution in [0.5, 0.6) is 0 Å². The molecular weight excluding hydrogens is 260 g/mol. The molecule has 0 bridgehead atoms. The Labute approximate surface area is 119 Å². The molecule has 3 N–H and O–H groups in total. The van der Waals surface area contributed by atoms with Crippen molar-refractivity contribution in [3.63, 3.8) is 0 Å². The molecule has 0 radical (unpaired) electrons. The number of rotatable bonds is 5. The second-order valence-corrected chi connectivity index (χ2v) is 5.60. The molecule has 1 fully saturated rings. The molecule has 1 heterocycles. The van der Waals surface area contributed by atoms with Gasteiger partial charge in [0.1, 0.15) is 0 Å². The Balaban J connectivity index is 1.85. The second kappa shape index (κ2) is 6.88. The number of nitrogen functional groups attached to an aromatic ring is 1. The number of benzene rings is 1. The number of likely N-dealkylation sites (tertiary alicyclic amines) is 1. The van der Waals surface area contributed by atoms with E-state index in [0.29, 0.717) is 17.9 Å². The topological polar surface area (TPSA) is 41.3 Å². The van der Waals surface area contributed by atoms with E-state index < -0.39 is 6.43 Å². The van der Waals surface area contributed by atoms with E-state index in [1.54, 1.807) is 12.1 Å². The fraction of sp³-hybridized carbons (Fsp3) is 0.600. The van der Waals surface area contributed by atoms with Gasteiger partial charge in [-0.3, -0.25) is 0 Å². The number of hydrogen-bond acceptors (Lipinski definition) is 3. The number of hydrogen-bond donors (Lipinski definition) is 2. The Bertz CT molecular complexity index is 429. The summed E-state index contributed by atoms with van der Waals surface area (Å²) >= 11 is 0. The van der Waals surface area contributed by atoms with Gasteiger partial charge in [-0.1, -0.05) is 6.92 Å². The van der Waals surface area contributed by atoms with Gasteiger partial charge in [0.05, 0.1) is 0 Å². The highest BCUT2D eigenvalue weighted by Crippen LogP contribution is 2.28. The van der Waals surface area contributed by atoms with Crippen LogP contribution in [0.3, 0.4) is 0 Å². The third-order valence-corrected chi connectivity index (χ3v) is 3.93. The molecule has 0 aromatic heterocycles. The van der Waals surface area contributed by atoms with Crippen LogP contribution < -0.4 is 11.1 Å². The maximum absolute atomic E-state index is 12.9. The van der Waals surface area contributed by atoms with Crippen LogP contribution in [0.25, 0.3) is 0 Å². The molecule has 20 heavy (non-hydrogen) atoms. The van der Waals surface area contributed by atoms with E-state index in [0.717, 1.165) is 25.6 Å². The molecule has 2 rings (SSSR count). The van der Waals surface area contributed by atoms with Crippen molar-refractivity contribution in [2.24, 2.45) is 5.92 Å². The lowest BCUT2D eigenvalue weighted by Crippen LogP contribution is -2.36. The standard InChI is InChI=1S/C15H23F2N3/c1-11-4-7-20(8-5-11)9-6-19-14-3-2-12(18)10-13(14)15(16)17/h2-3,10-11,15,19H,4-9,18H2,1H3. The molecule has 1 aliphatic rings. The van der Waals surface area contributed by atoms with Crippen molar-refractivity contribution < 1.29 is 8.78 Å². The second-order valence-electron chi connectivity index (χ2n) is 5.60. The molecule has 3 nitrogen and oxygen atoms in total. The number of nitrogens with one attached hydrogen (secondary N) is 1. The summed E-state index contributed by atoms with van der Waals surface area (Å²) in [6.45, 7) is 6.05. The predicted octanol–water partition coefficient (Wildman–Crippen LogP) is 3.35. The van der Waals surface area contributed by atoms with Gasteiger partial charge in [0.25, 0.3) is 6.43 Å². The van der Waals surface area contributed by atoms with Crippen LogP contribution in [0.1, 0.15) is 31.8 Å². The smallest absolute Gasteiger partial charge is 0.265 e. The summed E-state index contributed by atoms with van der Waals surface area (Å²) in [4.78, 5) is 2.38. The maximum Gasteiger partial charge on any atom is 0.265 e. The molecule has 0 aliphatic carbocycles. The Morgan fingerprint density at radius 3 is 2.70 bits per heavy atom. The molecule has 1 aromatic carbocycles. The van der Waals surface area contributed by atoms with Crippen molar-refractivity contribution in [1.82, 2.24) is 4.90 Å². The summed E-state index contributed by atoms with van der Waals surface area (Å²) < 4.78 is 25.9. The van der Waals surface area contributed by atoms with Crippen LogP contribution >= 0.6 is 0 Å². The van der Waals surface area contributed by atoms with E-state index in [4.69, 9.17) is 5.73 Å². The van der Waals surface area contributed by atoms with Crippen LogP contribution in [-0.4, -0.2) is 31.1 Å². The summed E-state index contributed by atoms with van der Waals surface area (Å²) in [5.74, 6) is 0.807. The van der Waals surface area contributed by atoms with Crippen molar-refractivity contribution in [1.29, 1.82) is 0 Å². The van der Waals surface area contributed by atoms with Gasteiger partial charge in [-0.2, -0.15) is 0 Å². The highest BCUT2D eigenvalue weighted by molar-refractivity contribution is 5.58. The monoisotopic (exact) mass is 283 g/mol. The summed E-state index contributed by atoms with van der Waals surface area (Å²) in [6, 6.07) is 4.63. The maximum atomic E-state index is 12.9. The highest BCUT2D eigenvalue weighted by atomic mass is 19.3. The number of piperidine rings is 1. The Hall–Kier alpha value is -1.36.